The van der Waals surface area contributed by atoms with E-state index in [2.05, 4.69) is 10.1 Å². The lowest BCUT2D eigenvalue weighted by Crippen LogP contribution is -2.15. The van der Waals surface area contributed by atoms with Gasteiger partial charge in [0.05, 0.1) is 6.61 Å². The fourth-order valence-corrected chi connectivity index (χ4v) is 1.67. The fraction of sp³-hybridized carbons (Fsp3) is 0.308. The first-order valence-electron chi connectivity index (χ1n) is 6.12. The van der Waals surface area contributed by atoms with E-state index in [4.69, 9.17) is 9.47 Å². The SMILES string of the molecule is CCOC(=O)COc1nc(-c2ccccc2C)n(O)n1. The van der Waals surface area contributed by atoms with Crippen LogP contribution in [0.2, 0.25) is 0 Å². The highest BCUT2D eigenvalue weighted by atomic mass is 16.6. The minimum absolute atomic E-state index is 0.0844. The molecule has 0 unspecified atom stereocenters. The molecule has 1 heterocycles. The first kappa shape index (κ1) is 13.9. The van der Waals surface area contributed by atoms with Gasteiger partial charge in [0.1, 0.15) is 0 Å². The summed E-state index contributed by atoms with van der Waals surface area (Å²) in [7, 11) is 0. The highest BCUT2D eigenvalue weighted by Crippen LogP contribution is 2.22. The van der Waals surface area contributed by atoms with Gasteiger partial charge in [0.25, 0.3) is 0 Å². The summed E-state index contributed by atoms with van der Waals surface area (Å²) in [6.45, 7) is 3.57. The third-order valence-electron chi connectivity index (χ3n) is 2.58. The monoisotopic (exact) mass is 277 g/mol. The Labute approximate surface area is 115 Å². The number of hydrogen-bond acceptors (Lipinski definition) is 6. The third kappa shape index (κ3) is 3.05. The van der Waals surface area contributed by atoms with Crippen LogP contribution in [0.1, 0.15) is 12.5 Å². The van der Waals surface area contributed by atoms with Gasteiger partial charge < -0.3 is 14.7 Å². The van der Waals surface area contributed by atoms with Gasteiger partial charge >= 0.3 is 12.0 Å². The van der Waals surface area contributed by atoms with Crippen molar-refractivity contribution in [1.82, 2.24) is 14.9 Å². The molecule has 0 spiro atoms. The molecule has 1 N–H and O–H groups in total. The molecule has 0 aliphatic heterocycles. The van der Waals surface area contributed by atoms with Gasteiger partial charge in [-0.25, -0.2) is 4.79 Å². The highest BCUT2D eigenvalue weighted by Gasteiger charge is 2.15. The number of ether oxygens (including phenoxy) is 2. The molecule has 106 valence electrons. The van der Waals surface area contributed by atoms with Crippen molar-refractivity contribution in [2.75, 3.05) is 13.2 Å². The molecular formula is C13H15N3O4. The van der Waals surface area contributed by atoms with Gasteiger partial charge in [0, 0.05) is 5.56 Å². The van der Waals surface area contributed by atoms with Crippen LogP contribution in [0.4, 0.5) is 0 Å². The van der Waals surface area contributed by atoms with E-state index in [-0.39, 0.29) is 25.0 Å². The normalized spacial score (nSPS) is 10.3. The minimum Gasteiger partial charge on any atom is -0.463 e. The number of esters is 1. The molecule has 0 amide bonds. The average Bonchev–Trinajstić information content (AvgIpc) is 2.79. The lowest BCUT2D eigenvalue weighted by molar-refractivity contribution is -0.145. The molecule has 1 aromatic heterocycles. The van der Waals surface area contributed by atoms with Crippen molar-refractivity contribution < 1.29 is 19.5 Å². The number of benzene rings is 1. The van der Waals surface area contributed by atoms with Crippen LogP contribution in [-0.2, 0) is 9.53 Å². The Balaban J connectivity index is 2.14. The van der Waals surface area contributed by atoms with Crippen LogP contribution in [0.3, 0.4) is 0 Å². The summed E-state index contributed by atoms with van der Waals surface area (Å²) in [6, 6.07) is 7.33. The van der Waals surface area contributed by atoms with Gasteiger partial charge in [0.15, 0.2) is 6.61 Å². The van der Waals surface area contributed by atoms with Crippen LogP contribution < -0.4 is 4.74 Å². The molecule has 0 bridgehead atoms. The first-order valence-corrected chi connectivity index (χ1v) is 6.12. The second kappa shape index (κ2) is 6.05. The van der Waals surface area contributed by atoms with Crippen molar-refractivity contribution in [3.8, 4) is 17.4 Å². The van der Waals surface area contributed by atoms with Crippen LogP contribution in [0.15, 0.2) is 24.3 Å². The molecule has 0 saturated heterocycles. The summed E-state index contributed by atoms with van der Waals surface area (Å²) in [5.41, 5.74) is 1.67. The van der Waals surface area contributed by atoms with Gasteiger partial charge in [-0.15, -0.1) is 0 Å². The Hall–Kier alpha value is -2.57. The van der Waals surface area contributed by atoms with E-state index < -0.39 is 5.97 Å². The number of aromatic nitrogens is 3. The van der Waals surface area contributed by atoms with Crippen molar-refractivity contribution in [2.24, 2.45) is 0 Å². The summed E-state index contributed by atoms with van der Waals surface area (Å²) in [6.07, 6.45) is 0. The van der Waals surface area contributed by atoms with E-state index in [0.29, 0.717) is 4.85 Å². The summed E-state index contributed by atoms with van der Waals surface area (Å²) in [5.74, 6) is -0.263. The summed E-state index contributed by atoms with van der Waals surface area (Å²) >= 11 is 0. The molecule has 0 aliphatic carbocycles. The van der Waals surface area contributed by atoms with E-state index in [1.54, 1.807) is 13.0 Å². The average molecular weight is 277 g/mol. The van der Waals surface area contributed by atoms with Gasteiger partial charge in [-0.2, -0.15) is 4.98 Å². The van der Waals surface area contributed by atoms with Crippen molar-refractivity contribution in [3.63, 3.8) is 0 Å². The van der Waals surface area contributed by atoms with Crippen LogP contribution in [-0.4, -0.2) is 39.3 Å². The van der Waals surface area contributed by atoms with E-state index in [1.807, 2.05) is 25.1 Å². The molecule has 0 fully saturated rings. The Morgan fingerprint density at radius 3 is 2.85 bits per heavy atom. The molecule has 0 atom stereocenters. The number of nitrogens with zero attached hydrogens (tertiary/aromatic N) is 3. The molecule has 2 rings (SSSR count). The van der Waals surface area contributed by atoms with E-state index in [9.17, 15) is 10.0 Å². The van der Waals surface area contributed by atoms with E-state index in [0.717, 1.165) is 11.1 Å². The predicted molar refractivity (Wildman–Crippen MR) is 69.5 cm³/mol. The van der Waals surface area contributed by atoms with Crippen molar-refractivity contribution in [1.29, 1.82) is 0 Å². The number of carbonyl (C=O) groups is 1. The van der Waals surface area contributed by atoms with Crippen LogP contribution in [0, 0.1) is 6.92 Å². The van der Waals surface area contributed by atoms with Crippen molar-refractivity contribution in [2.45, 2.75) is 13.8 Å². The molecule has 7 heteroatoms. The quantitative estimate of drug-likeness (QED) is 0.657. The lowest BCUT2D eigenvalue weighted by atomic mass is 10.1. The van der Waals surface area contributed by atoms with Crippen molar-refractivity contribution >= 4 is 5.97 Å². The molecule has 1 aromatic carbocycles. The Kier molecular flexibility index (Phi) is 4.19. The van der Waals surface area contributed by atoms with Gasteiger partial charge in [-0.05, 0) is 19.4 Å². The third-order valence-corrected chi connectivity index (χ3v) is 2.58. The standard InChI is InChI=1S/C13H15N3O4/c1-3-19-11(17)8-20-13-14-12(16(18)15-13)10-7-5-4-6-9(10)2/h4-7,18H,3,8H2,1-2H3. The molecule has 7 nitrogen and oxygen atoms in total. The van der Waals surface area contributed by atoms with Crippen molar-refractivity contribution in [3.05, 3.63) is 29.8 Å². The van der Waals surface area contributed by atoms with Gasteiger partial charge in [-0.3, -0.25) is 0 Å². The lowest BCUT2D eigenvalue weighted by Gasteiger charge is -2.01. The second-order valence-electron chi connectivity index (χ2n) is 4.02. The molecular weight excluding hydrogens is 262 g/mol. The van der Waals surface area contributed by atoms with E-state index in [1.165, 1.54) is 0 Å². The molecule has 0 aliphatic rings. The highest BCUT2D eigenvalue weighted by molar-refractivity contribution is 5.71. The van der Waals surface area contributed by atoms with E-state index >= 15 is 0 Å². The Bertz CT molecular complexity index is 609. The largest absolute Gasteiger partial charge is 0.463 e. The Morgan fingerprint density at radius 2 is 2.15 bits per heavy atom. The summed E-state index contributed by atoms with van der Waals surface area (Å²) in [4.78, 5) is 15.8. The predicted octanol–water partition coefficient (Wildman–Crippen LogP) is 1.43. The fourth-order valence-electron chi connectivity index (χ4n) is 1.67. The Morgan fingerprint density at radius 1 is 1.40 bits per heavy atom. The van der Waals surface area contributed by atoms with Gasteiger partial charge in [-0.1, -0.05) is 34.2 Å². The number of rotatable bonds is 5. The van der Waals surface area contributed by atoms with Crippen LogP contribution in [0.25, 0.3) is 11.4 Å². The molecule has 0 radical (unpaired) electrons. The smallest absolute Gasteiger partial charge is 0.344 e. The maximum Gasteiger partial charge on any atom is 0.344 e. The summed E-state index contributed by atoms with van der Waals surface area (Å²) < 4.78 is 9.78. The zero-order chi connectivity index (χ0) is 14.5. The number of aryl methyl sites for hydroxylation is 1. The first-order chi connectivity index (χ1) is 9.61. The zero-order valence-electron chi connectivity index (χ0n) is 11.2. The van der Waals surface area contributed by atoms with Crippen LogP contribution >= 0.6 is 0 Å². The minimum atomic E-state index is -0.515. The zero-order valence-corrected chi connectivity index (χ0v) is 11.2. The second-order valence-corrected chi connectivity index (χ2v) is 4.02. The number of carbonyl (C=O) groups excluding carboxylic acids is 1. The molecule has 2 aromatic rings. The maximum absolute atomic E-state index is 11.2. The topological polar surface area (TPSA) is 86.5 Å². The maximum atomic E-state index is 11.2. The molecule has 0 saturated carbocycles. The van der Waals surface area contributed by atoms with Crippen LogP contribution in [0.5, 0.6) is 6.01 Å². The summed E-state index contributed by atoms with van der Waals surface area (Å²) in [5, 5.41) is 13.4. The number of hydrogen-bond donors (Lipinski definition) is 1. The van der Waals surface area contributed by atoms with Gasteiger partial charge in [0.2, 0.25) is 5.82 Å². The molecule has 20 heavy (non-hydrogen) atoms.